The number of aromatic nitrogens is 4. The lowest BCUT2D eigenvalue weighted by Gasteiger charge is -2.49. The third-order valence-electron chi connectivity index (χ3n) is 5.38. The van der Waals surface area contributed by atoms with Crippen molar-refractivity contribution < 1.29 is 29.3 Å². The quantitative estimate of drug-likeness (QED) is 0.232. The molecule has 1 fully saturated rings. The second-order valence-corrected chi connectivity index (χ2v) is 9.51. The van der Waals surface area contributed by atoms with E-state index in [2.05, 4.69) is 26.0 Å². The van der Waals surface area contributed by atoms with Gasteiger partial charge < -0.3 is 20.3 Å². The summed E-state index contributed by atoms with van der Waals surface area (Å²) in [7, 11) is 2.97. The summed E-state index contributed by atoms with van der Waals surface area (Å²) in [6.45, 7) is 0. The number of hydrogen-bond donors (Lipinski definition) is 3. The molecule has 2 aromatic rings. The lowest BCUT2D eigenvalue weighted by molar-refractivity contribution is -0.150. The minimum atomic E-state index is -1.50. The number of methoxy groups -OCH3 is 1. The first-order valence-electron chi connectivity index (χ1n) is 10.0. The van der Waals surface area contributed by atoms with E-state index in [0.717, 1.165) is 4.90 Å². The van der Waals surface area contributed by atoms with E-state index in [1.807, 2.05) is 0 Å². The van der Waals surface area contributed by atoms with Crippen LogP contribution in [0.2, 0.25) is 0 Å². The summed E-state index contributed by atoms with van der Waals surface area (Å²) < 4.78 is 6.44. The number of carboxylic acids is 1. The van der Waals surface area contributed by atoms with Gasteiger partial charge in [0.2, 0.25) is 5.16 Å². The van der Waals surface area contributed by atoms with Crippen LogP contribution in [0.5, 0.6) is 11.5 Å². The van der Waals surface area contributed by atoms with Gasteiger partial charge in [-0.05, 0) is 33.7 Å². The van der Waals surface area contributed by atoms with E-state index >= 15 is 0 Å². The zero-order valence-electron chi connectivity index (χ0n) is 18.3. The number of β-lactam (4-membered cyclic amide) rings is 1. The Labute approximate surface area is 206 Å². The van der Waals surface area contributed by atoms with E-state index in [0.29, 0.717) is 16.5 Å². The Hall–Kier alpha value is -3.66. The number of fused-ring (bicyclic) bond motifs is 1. The SMILES string of the molecule is COc1cc(C(N=O)C(=O)NC2C(=O)N3C(C(=O)O)=C(CSc4nnnn4C)CS[C@@H]23)ccc1O. The zero-order valence-corrected chi connectivity index (χ0v) is 19.9. The lowest BCUT2D eigenvalue weighted by Crippen LogP contribution is -2.70. The van der Waals surface area contributed by atoms with Gasteiger partial charge in [0.25, 0.3) is 11.8 Å². The number of nitrogens with one attached hydrogen (secondary N) is 1. The van der Waals surface area contributed by atoms with Gasteiger partial charge in [0.1, 0.15) is 17.1 Å². The van der Waals surface area contributed by atoms with Crippen LogP contribution >= 0.6 is 23.5 Å². The molecule has 14 nitrogen and oxygen atoms in total. The van der Waals surface area contributed by atoms with Crippen molar-refractivity contribution in [1.82, 2.24) is 30.4 Å². The van der Waals surface area contributed by atoms with Gasteiger partial charge >= 0.3 is 5.97 Å². The van der Waals surface area contributed by atoms with Crippen LogP contribution in [-0.2, 0) is 21.4 Å². The molecule has 3 heterocycles. The molecule has 0 aliphatic carbocycles. The summed E-state index contributed by atoms with van der Waals surface area (Å²) in [4.78, 5) is 50.2. The number of carbonyl (C=O) groups is 3. The summed E-state index contributed by atoms with van der Waals surface area (Å²) in [6.07, 6.45) is 0. The molecule has 4 rings (SSSR count). The average Bonchev–Trinajstić information content (AvgIpc) is 3.26. The number of nitroso groups, excluding NO2 is 1. The first kappa shape index (κ1) is 24.5. The highest BCUT2D eigenvalue weighted by Gasteiger charge is 2.54. The Bertz CT molecular complexity index is 1230. The van der Waals surface area contributed by atoms with E-state index in [1.165, 1.54) is 53.5 Å². The predicted octanol–water partition coefficient (Wildman–Crippen LogP) is 0.263. The number of carbonyl (C=O) groups excluding carboxylic acids is 2. The number of phenolic OH excluding ortho intramolecular Hbond substituents is 1. The Balaban J connectivity index is 1.48. The van der Waals surface area contributed by atoms with Crippen LogP contribution in [0.15, 0.2) is 39.8 Å². The molecule has 2 aliphatic rings. The normalized spacial score (nSPS) is 20.1. The molecule has 0 radical (unpaired) electrons. The van der Waals surface area contributed by atoms with E-state index in [1.54, 1.807) is 7.05 Å². The minimum absolute atomic E-state index is 0.0522. The fourth-order valence-corrected chi connectivity index (χ4v) is 5.98. The molecular formula is C19H19N7O7S2. The summed E-state index contributed by atoms with van der Waals surface area (Å²) in [5.41, 5.74) is 0.546. The van der Waals surface area contributed by atoms with E-state index in [9.17, 15) is 29.5 Å². The summed E-state index contributed by atoms with van der Waals surface area (Å²) >= 11 is 2.54. The summed E-state index contributed by atoms with van der Waals surface area (Å²) in [5.74, 6) is -2.25. The fraction of sp³-hybridized carbons (Fsp3) is 0.368. The molecule has 3 atom stereocenters. The number of rotatable bonds is 9. The molecular weight excluding hydrogens is 502 g/mol. The molecule has 3 N–H and O–H groups in total. The summed E-state index contributed by atoms with van der Waals surface area (Å²) in [6, 6.07) is 1.37. The third kappa shape index (κ3) is 4.53. The highest BCUT2D eigenvalue weighted by Crippen LogP contribution is 2.42. The molecule has 184 valence electrons. The Morgan fingerprint density at radius 1 is 1.43 bits per heavy atom. The van der Waals surface area contributed by atoms with Crippen molar-refractivity contribution in [1.29, 1.82) is 0 Å². The second-order valence-electron chi connectivity index (χ2n) is 7.47. The predicted molar refractivity (Wildman–Crippen MR) is 122 cm³/mol. The maximum absolute atomic E-state index is 12.9. The van der Waals surface area contributed by atoms with Crippen LogP contribution in [0.4, 0.5) is 0 Å². The highest BCUT2D eigenvalue weighted by atomic mass is 32.2. The molecule has 0 saturated carbocycles. The van der Waals surface area contributed by atoms with Gasteiger partial charge in [-0.15, -0.1) is 21.8 Å². The maximum Gasteiger partial charge on any atom is 0.352 e. The van der Waals surface area contributed by atoms with Gasteiger partial charge in [-0.25, -0.2) is 9.48 Å². The van der Waals surface area contributed by atoms with Crippen molar-refractivity contribution in [3.05, 3.63) is 39.9 Å². The molecule has 1 aromatic heterocycles. The molecule has 0 bridgehead atoms. The van der Waals surface area contributed by atoms with Crippen LogP contribution in [-0.4, -0.2) is 83.1 Å². The molecule has 16 heteroatoms. The van der Waals surface area contributed by atoms with Gasteiger partial charge in [-0.2, -0.15) is 0 Å². The van der Waals surface area contributed by atoms with Crippen LogP contribution < -0.4 is 10.1 Å². The highest BCUT2D eigenvalue weighted by molar-refractivity contribution is 8.01. The van der Waals surface area contributed by atoms with Crippen molar-refractivity contribution in [3.63, 3.8) is 0 Å². The number of nitrogens with zero attached hydrogens (tertiary/aromatic N) is 6. The van der Waals surface area contributed by atoms with Gasteiger partial charge in [0, 0.05) is 18.6 Å². The molecule has 0 spiro atoms. The van der Waals surface area contributed by atoms with Gasteiger partial charge in [0.05, 0.1) is 7.11 Å². The molecule has 1 aromatic carbocycles. The van der Waals surface area contributed by atoms with E-state index in [-0.39, 0.29) is 28.5 Å². The molecule has 2 unspecified atom stereocenters. The average molecular weight is 522 g/mol. The van der Waals surface area contributed by atoms with Gasteiger partial charge in [-0.1, -0.05) is 23.0 Å². The minimum Gasteiger partial charge on any atom is -0.504 e. The number of ether oxygens (including phenoxy) is 1. The number of amides is 2. The number of tetrazole rings is 1. The van der Waals surface area contributed by atoms with Crippen molar-refractivity contribution in [2.45, 2.75) is 22.6 Å². The van der Waals surface area contributed by atoms with Crippen LogP contribution in [0.3, 0.4) is 0 Å². The lowest BCUT2D eigenvalue weighted by atomic mass is 10.0. The number of aromatic hydroxyl groups is 1. The molecule has 2 aliphatic heterocycles. The largest absolute Gasteiger partial charge is 0.504 e. The first-order chi connectivity index (χ1) is 16.8. The number of thioether (sulfide) groups is 2. The fourth-order valence-electron chi connectivity index (χ4n) is 3.65. The van der Waals surface area contributed by atoms with E-state index < -0.39 is 35.2 Å². The van der Waals surface area contributed by atoms with Gasteiger partial charge in [-0.3, -0.25) is 14.5 Å². The Kier molecular flexibility index (Phi) is 6.93. The molecule has 35 heavy (non-hydrogen) atoms. The Morgan fingerprint density at radius 3 is 2.83 bits per heavy atom. The van der Waals surface area contributed by atoms with Crippen molar-refractivity contribution in [3.8, 4) is 11.5 Å². The standard InChI is InChI=1S/C19H19N7O7S2/c1-25-19(21-23-24-25)35-7-9-6-34-17-13(16(29)26(17)14(9)18(30)31)20-15(28)12(22-32)8-3-4-10(27)11(5-8)33-2/h3-5,12-13,17,27H,6-7H2,1-2H3,(H,20,28)(H,30,31)/t12?,13?,17-/m0/s1. The topological polar surface area (TPSA) is 189 Å². The first-order valence-corrected chi connectivity index (χ1v) is 12.0. The van der Waals surface area contributed by atoms with Crippen molar-refractivity contribution in [2.24, 2.45) is 12.2 Å². The van der Waals surface area contributed by atoms with Gasteiger partial charge in [0.15, 0.2) is 17.5 Å². The van der Waals surface area contributed by atoms with Crippen molar-refractivity contribution >= 4 is 41.3 Å². The maximum atomic E-state index is 12.9. The monoisotopic (exact) mass is 521 g/mol. The number of carboxylic acid groups (broad SMARTS) is 1. The third-order valence-corrected chi connectivity index (χ3v) is 7.81. The van der Waals surface area contributed by atoms with Crippen LogP contribution in [0.25, 0.3) is 0 Å². The molecule has 2 amide bonds. The van der Waals surface area contributed by atoms with E-state index in [4.69, 9.17) is 4.74 Å². The van der Waals surface area contributed by atoms with Crippen LogP contribution in [0.1, 0.15) is 11.6 Å². The molecule has 1 saturated heterocycles. The Morgan fingerprint density at radius 2 is 2.20 bits per heavy atom. The smallest absolute Gasteiger partial charge is 0.352 e. The number of phenols is 1. The summed E-state index contributed by atoms with van der Waals surface area (Å²) in [5, 5.41) is 35.8. The number of aliphatic carboxylic acids is 1. The van der Waals surface area contributed by atoms with Crippen LogP contribution in [0, 0.1) is 4.91 Å². The number of benzene rings is 1. The zero-order chi connectivity index (χ0) is 25.3. The van der Waals surface area contributed by atoms with Crippen molar-refractivity contribution in [2.75, 3.05) is 18.6 Å². The second kappa shape index (κ2) is 9.91. The number of aryl methyl sites for hydroxylation is 1. The number of hydrogen-bond acceptors (Lipinski definition) is 12.